The Morgan fingerprint density at radius 1 is 1.00 bits per heavy atom. The topological polar surface area (TPSA) is 95.9 Å². The van der Waals surface area contributed by atoms with Crippen LogP contribution in [0, 0.1) is 0 Å². The largest absolute Gasteiger partial charge is 0.497 e. The highest BCUT2D eigenvalue weighted by Gasteiger charge is 2.47. The molecule has 1 aliphatic rings. The van der Waals surface area contributed by atoms with Crippen molar-refractivity contribution in [3.8, 4) is 23.0 Å². The number of hydrogen-bond donors (Lipinski definition) is 2. The van der Waals surface area contributed by atoms with Crippen LogP contribution >= 0.6 is 0 Å². The van der Waals surface area contributed by atoms with Crippen LogP contribution in [0.5, 0.6) is 23.0 Å². The Balaban J connectivity index is 1.71. The van der Waals surface area contributed by atoms with E-state index in [1.807, 2.05) is 0 Å². The minimum absolute atomic E-state index is 0.0530. The molecule has 0 spiro atoms. The molecule has 3 aromatic rings. The summed E-state index contributed by atoms with van der Waals surface area (Å²) in [6.45, 7) is 0. The first-order chi connectivity index (χ1) is 17.2. The van der Waals surface area contributed by atoms with Crippen molar-refractivity contribution >= 4 is 17.4 Å². The Bertz CT molecular complexity index is 1260. The van der Waals surface area contributed by atoms with E-state index in [9.17, 15) is 18.0 Å². The van der Waals surface area contributed by atoms with Crippen LogP contribution in [-0.2, 0) is 0 Å². The van der Waals surface area contributed by atoms with E-state index in [-0.39, 0.29) is 17.8 Å². The van der Waals surface area contributed by atoms with Gasteiger partial charge in [0.05, 0.1) is 46.4 Å². The third-order valence-electron chi connectivity index (χ3n) is 5.95. The van der Waals surface area contributed by atoms with Crippen LogP contribution in [-0.4, -0.2) is 50.3 Å². The number of nitrogens with one attached hydrogen (secondary N) is 2. The average molecular weight is 506 g/mol. The summed E-state index contributed by atoms with van der Waals surface area (Å²) in [6, 6.07) is 6.96. The molecule has 2 atom stereocenters. The zero-order chi connectivity index (χ0) is 26.0. The number of carbonyl (C=O) groups excluding carboxylic acids is 1. The summed E-state index contributed by atoms with van der Waals surface area (Å²) in [7, 11) is 5.81. The number of aromatic nitrogens is 2. The van der Waals surface area contributed by atoms with Gasteiger partial charge in [0, 0.05) is 12.5 Å². The molecule has 0 aliphatic carbocycles. The molecule has 2 aromatic carbocycles. The number of rotatable bonds is 7. The molecule has 4 rings (SSSR count). The van der Waals surface area contributed by atoms with Crippen molar-refractivity contribution in [3.05, 3.63) is 53.7 Å². The van der Waals surface area contributed by atoms with Gasteiger partial charge in [-0.1, -0.05) is 6.07 Å². The predicted molar refractivity (Wildman–Crippen MR) is 125 cm³/mol. The molecule has 12 heteroatoms. The molecule has 0 radical (unpaired) electrons. The number of fused-ring (bicyclic) bond motifs is 1. The summed E-state index contributed by atoms with van der Waals surface area (Å²) in [5.41, 5.74) is 0.774. The molecule has 1 aliphatic heterocycles. The van der Waals surface area contributed by atoms with E-state index >= 15 is 0 Å². The van der Waals surface area contributed by atoms with E-state index in [1.165, 1.54) is 28.4 Å². The van der Waals surface area contributed by atoms with E-state index in [4.69, 9.17) is 18.9 Å². The van der Waals surface area contributed by atoms with Gasteiger partial charge in [0.15, 0.2) is 17.5 Å². The monoisotopic (exact) mass is 506 g/mol. The number of hydrogen-bond acceptors (Lipinski definition) is 7. The molecule has 0 fully saturated rings. The number of methoxy groups -OCH3 is 4. The Morgan fingerprint density at radius 3 is 2.33 bits per heavy atom. The maximum absolute atomic E-state index is 14.0. The molecule has 36 heavy (non-hydrogen) atoms. The fourth-order valence-corrected chi connectivity index (χ4v) is 4.12. The van der Waals surface area contributed by atoms with Gasteiger partial charge in [-0.05, 0) is 29.8 Å². The van der Waals surface area contributed by atoms with Crippen LogP contribution in [0.1, 0.15) is 34.4 Å². The third-order valence-corrected chi connectivity index (χ3v) is 5.95. The number of alkyl halides is 3. The van der Waals surface area contributed by atoms with Gasteiger partial charge in [-0.25, -0.2) is 4.68 Å². The molecular formula is C24H25F3N4O5. The van der Waals surface area contributed by atoms with Gasteiger partial charge in [-0.2, -0.15) is 18.3 Å². The van der Waals surface area contributed by atoms with E-state index in [1.54, 1.807) is 36.4 Å². The van der Waals surface area contributed by atoms with Crippen molar-refractivity contribution in [2.45, 2.75) is 24.7 Å². The number of ether oxygens (including phenoxy) is 4. The Morgan fingerprint density at radius 2 is 1.69 bits per heavy atom. The molecule has 2 N–H and O–H groups in total. The van der Waals surface area contributed by atoms with Crippen LogP contribution in [0.25, 0.3) is 0 Å². The number of nitrogens with zero attached hydrogens (tertiary/aromatic N) is 2. The molecule has 0 bridgehead atoms. The SMILES string of the molecule is COc1ccc(OC)c(NC(=O)c2cnn3c2N[C@@H](c2ccc(OC)c(OC)c2)C[C@@H]3C(F)(F)F)c1. The van der Waals surface area contributed by atoms with Gasteiger partial charge in [0.2, 0.25) is 0 Å². The van der Waals surface area contributed by atoms with E-state index < -0.39 is 24.2 Å². The molecule has 9 nitrogen and oxygen atoms in total. The summed E-state index contributed by atoms with van der Waals surface area (Å²) >= 11 is 0. The first-order valence-corrected chi connectivity index (χ1v) is 10.9. The van der Waals surface area contributed by atoms with Gasteiger partial charge in [-0.15, -0.1) is 0 Å². The van der Waals surface area contributed by atoms with Crippen LogP contribution < -0.4 is 29.6 Å². The number of benzene rings is 2. The van der Waals surface area contributed by atoms with Crippen molar-refractivity contribution in [3.63, 3.8) is 0 Å². The second-order valence-corrected chi connectivity index (χ2v) is 7.98. The predicted octanol–water partition coefficient (Wildman–Crippen LogP) is 4.83. The molecule has 0 saturated carbocycles. The summed E-state index contributed by atoms with van der Waals surface area (Å²) in [6.07, 6.45) is -3.82. The Hall–Kier alpha value is -4.09. The van der Waals surface area contributed by atoms with Gasteiger partial charge >= 0.3 is 6.18 Å². The highest BCUT2D eigenvalue weighted by Crippen LogP contribution is 2.45. The highest BCUT2D eigenvalue weighted by molar-refractivity contribution is 6.08. The number of halogens is 3. The van der Waals surface area contributed by atoms with Gasteiger partial charge in [-0.3, -0.25) is 4.79 Å². The van der Waals surface area contributed by atoms with Crippen molar-refractivity contribution in [1.29, 1.82) is 0 Å². The molecular weight excluding hydrogens is 481 g/mol. The van der Waals surface area contributed by atoms with E-state index in [2.05, 4.69) is 15.7 Å². The quantitative estimate of drug-likeness (QED) is 0.474. The minimum Gasteiger partial charge on any atom is -0.497 e. The molecule has 1 aromatic heterocycles. The fraction of sp³-hybridized carbons (Fsp3) is 0.333. The normalized spacial score (nSPS) is 17.0. The van der Waals surface area contributed by atoms with Gasteiger partial charge in [0.25, 0.3) is 5.91 Å². The highest BCUT2D eigenvalue weighted by atomic mass is 19.4. The minimum atomic E-state index is -4.60. The van der Waals surface area contributed by atoms with E-state index in [0.717, 1.165) is 10.9 Å². The lowest BCUT2D eigenvalue weighted by Crippen LogP contribution is -2.36. The zero-order valence-corrected chi connectivity index (χ0v) is 20.0. The molecule has 192 valence electrons. The van der Waals surface area contributed by atoms with Crippen molar-refractivity contribution in [2.24, 2.45) is 0 Å². The van der Waals surface area contributed by atoms with Crippen molar-refractivity contribution in [2.75, 3.05) is 39.1 Å². The van der Waals surface area contributed by atoms with Crippen molar-refractivity contribution in [1.82, 2.24) is 9.78 Å². The standard InChI is InChI=1S/C24H25F3N4O5/c1-33-14-6-8-18(34-2)17(10-14)30-23(32)15-12-28-31-21(24(25,26)27)11-16(29-22(15)31)13-5-7-19(35-3)20(9-13)36-4/h5-10,12,16,21,29H,11H2,1-4H3,(H,30,32)/t16-,21-/m1/s1. The van der Waals surface area contributed by atoms with Crippen LogP contribution in [0.15, 0.2) is 42.6 Å². The lowest BCUT2D eigenvalue weighted by Gasteiger charge is -2.34. The smallest absolute Gasteiger partial charge is 0.410 e. The molecule has 0 saturated heterocycles. The van der Waals surface area contributed by atoms with Crippen LogP contribution in [0.2, 0.25) is 0 Å². The first-order valence-electron chi connectivity index (χ1n) is 10.9. The third kappa shape index (κ3) is 4.70. The molecule has 2 heterocycles. The number of amides is 1. The van der Waals surface area contributed by atoms with Gasteiger partial charge in [0.1, 0.15) is 22.9 Å². The maximum Gasteiger partial charge on any atom is 0.410 e. The van der Waals surface area contributed by atoms with E-state index in [0.29, 0.717) is 34.2 Å². The summed E-state index contributed by atoms with van der Waals surface area (Å²) in [5.74, 6) is 0.928. The summed E-state index contributed by atoms with van der Waals surface area (Å²) < 4.78 is 63.9. The Kier molecular flexibility index (Phi) is 6.86. The second-order valence-electron chi connectivity index (χ2n) is 7.98. The second kappa shape index (κ2) is 9.88. The molecule has 1 amide bonds. The number of carbonyl (C=O) groups is 1. The summed E-state index contributed by atoms with van der Waals surface area (Å²) in [5, 5.41) is 9.64. The first kappa shape index (κ1) is 25.0. The average Bonchev–Trinajstić information content (AvgIpc) is 3.31. The lowest BCUT2D eigenvalue weighted by atomic mass is 9.96. The van der Waals surface area contributed by atoms with Crippen LogP contribution in [0.3, 0.4) is 0 Å². The molecule has 0 unspecified atom stereocenters. The van der Waals surface area contributed by atoms with Crippen LogP contribution in [0.4, 0.5) is 24.7 Å². The van der Waals surface area contributed by atoms with Crippen molar-refractivity contribution < 1.29 is 36.9 Å². The lowest BCUT2D eigenvalue weighted by molar-refractivity contribution is -0.173. The zero-order valence-electron chi connectivity index (χ0n) is 20.0. The van der Waals surface area contributed by atoms with Gasteiger partial charge < -0.3 is 29.6 Å². The Labute approximate surface area is 205 Å². The maximum atomic E-state index is 14.0. The fourth-order valence-electron chi connectivity index (χ4n) is 4.12. The summed E-state index contributed by atoms with van der Waals surface area (Å²) in [4.78, 5) is 13.2. The number of anilines is 2.